The molecule has 0 saturated carbocycles. The molecule has 1 amide bonds. The number of carbonyl (C=O) groups is 1. The number of rotatable bonds is 7. The molecule has 146 valence electrons. The first-order chi connectivity index (χ1) is 13.5. The molecule has 0 radical (unpaired) electrons. The Hall–Kier alpha value is -2.49. The number of carbonyl (C=O) groups excluding carboxylic acids is 1. The third kappa shape index (κ3) is 3.87. The van der Waals surface area contributed by atoms with Crippen molar-refractivity contribution in [1.29, 1.82) is 0 Å². The van der Waals surface area contributed by atoms with Gasteiger partial charge in [-0.1, -0.05) is 36.1 Å². The first-order valence-electron chi connectivity index (χ1n) is 8.59. The van der Waals surface area contributed by atoms with Crippen LogP contribution < -0.4 is 10.9 Å². The monoisotopic (exact) mass is 416 g/mol. The van der Waals surface area contributed by atoms with E-state index in [2.05, 4.69) is 16.9 Å². The van der Waals surface area contributed by atoms with Gasteiger partial charge in [0.15, 0.2) is 0 Å². The summed E-state index contributed by atoms with van der Waals surface area (Å²) in [5.74, 6) is 0.164. The predicted octanol–water partition coefficient (Wildman–Crippen LogP) is 2.45. The predicted molar refractivity (Wildman–Crippen MR) is 117 cm³/mol. The van der Waals surface area contributed by atoms with Gasteiger partial charge in [-0.05, 0) is 24.6 Å². The van der Waals surface area contributed by atoms with E-state index in [1.54, 1.807) is 31.5 Å². The third-order valence-corrected chi connectivity index (χ3v) is 5.52. The molecule has 1 N–H and O–H groups in total. The van der Waals surface area contributed by atoms with E-state index in [1.165, 1.54) is 9.30 Å². The number of nitrogens with zero attached hydrogens (tertiary/aromatic N) is 3. The molecule has 0 unspecified atom stereocenters. The second-order valence-corrected chi connectivity index (χ2v) is 7.74. The van der Waals surface area contributed by atoms with Gasteiger partial charge in [0.05, 0.1) is 17.1 Å². The van der Waals surface area contributed by atoms with E-state index in [0.29, 0.717) is 46.0 Å². The van der Waals surface area contributed by atoms with E-state index >= 15 is 0 Å². The van der Waals surface area contributed by atoms with Crippen LogP contribution in [0.2, 0.25) is 0 Å². The van der Waals surface area contributed by atoms with Crippen LogP contribution in [0.3, 0.4) is 0 Å². The van der Waals surface area contributed by atoms with E-state index < -0.39 is 0 Å². The van der Waals surface area contributed by atoms with Gasteiger partial charge in [-0.2, -0.15) is 0 Å². The highest BCUT2D eigenvalue weighted by Crippen LogP contribution is 2.32. The van der Waals surface area contributed by atoms with Crippen molar-refractivity contribution in [3.05, 3.63) is 57.4 Å². The average molecular weight is 417 g/mol. The number of hydrogen-bond acceptors (Lipinski definition) is 7. The molecule has 0 aliphatic carbocycles. The van der Waals surface area contributed by atoms with Crippen molar-refractivity contribution in [2.75, 3.05) is 32.1 Å². The summed E-state index contributed by atoms with van der Waals surface area (Å²) < 4.78 is 6.99. The van der Waals surface area contributed by atoms with Crippen LogP contribution in [0.5, 0.6) is 0 Å². The zero-order chi connectivity index (χ0) is 20.3. The molecular weight excluding hydrogens is 396 g/mol. The van der Waals surface area contributed by atoms with Crippen LogP contribution >= 0.6 is 24.0 Å². The number of hydrogen-bond donors (Lipinski definition) is 1. The van der Waals surface area contributed by atoms with Crippen molar-refractivity contribution < 1.29 is 9.53 Å². The number of nitrogens with one attached hydrogen (secondary N) is 1. The minimum atomic E-state index is -0.261. The molecule has 7 nitrogen and oxygen atoms in total. The Labute approximate surface area is 172 Å². The summed E-state index contributed by atoms with van der Waals surface area (Å²) in [4.78, 5) is 32.2. The molecule has 1 saturated heterocycles. The SMILES string of the molecule is C=CCN1C(=O)/C(=C/c2c(NCCOC)nc3c(C)cccn3c2=O)SC1=S. The number of thiocarbonyl (C=S) groups is 1. The fraction of sp³-hybridized carbons (Fsp3) is 0.263. The number of methoxy groups -OCH3 is 1. The largest absolute Gasteiger partial charge is 0.383 e. The van der Waals surface area contributed by atoms with Gasteiger partial charge >= 0.3 is 0 Å². The van der Waals surface area contributed by atoms with Crippen molar-refractivity contribution in [2.24, 2.45) is 0 Å². The lowest BCUT2D eigenvalue weighted by molar-refractivity contribution is -0.121. The highest BCUT2D eigenvalue weighted by Gasteiger charge is 2.31. The Bertz CT molecular complexity index is 1050. The molecule has 3 rings (SSSR count). The smallest absolute Gasteiger partial charge is 0.267 e. The number of ether oxygens (including phenoxy) is 1. The van der Waals surface area contributed by atoms with E-state index in [9.17, 15) is 9.59 Å². The van der Waals surface area contributed by atoms with Crippen molar-refractivity contribution in [3.63, 3.8) is 0 Å². The van der Waals surface area contributed by atoms with E-state index in [4.69, 9.17) is 17.0 Å². The maximum atomic E-state index is 13.1. The number of amides is 1. The fourth-order valence-corrected chi connectivity index (χ4v) is 4.02. The Morgan fingerprint density at radius 3 is 2.93 bits per heavy atom. The standard InChI is InChI=1S/C19H20N4O3S2/c1-4-8-23-18(25)14(28-19(23)27)11-13-15(20-7-10-26-3)21-16-12(2)6-5-9-22(16)17(13)24/h4-6,9,11,20H,1,7-8,10H2,2-3H3/b14-11-. The molecular formula is C19H20N4O3S2. The van der Waals surface area contributed by atoms with Crippen LogP contribution in [0.4, 0.5) is 5.82 Å². The maximum Gasteiger partial charge on any atom is 0.267 e. The number of pyridine rings is 1. The van der Waals surface area contributed by atoms with Gasteiger partial charge in [0.2, 0.25) is 0 Å². The number of aromatic nitrogens is 2. The molecule has 1 aliphatic rings. The van der Waals surface area contributed by atoms with Crippen molar-refractivity contribution in [2.45, 2.75) is 6.92 Å². The fourth-order valence-electron chi connectivity index (χ4n) is 2.77. The summed E-state index contributed by atoms with van der Waals surface area (Å²) in [5.41, 5.74) is 1.47. The van der Waals surface area contributed by atoms with Gasteiger partial charge in [-0.25, -0.2) is 4.98 Å². The molecule has 1 aliphatic heterocycles. The Morgan fingerprint density at radius 2 is 2.21 bits per heavy atom. The lowest BCUT2D eigenvalue weighted by Gasteiger charge is -2.12. The molecule has 0 atom stereocenters. The molecule has 0 bridgehead atoms. The second kappa shape index (κ2) is 8.68. The number of fused-ring (bicyclic) bond motifs is 1. The summed E-state index contributed by atoms with van der Waals surface area (Å²) >= 11 is 6.43. The highest BCUT2D eigenvalue weighted by atomic mass is 32.2. The number of thioether (sulfide) groups is 1. The molecule has 2 aromatic heterocycles. The minimum Gasteiger partial charge on any atom is -0.383 e. The lowest BCUT2D eigenvalue weighted by Crippen LogP contribution is -2.28. The first kappa shape index (κ1) is 20.2. The number of aryl methyl sites for hydroxylation is 1. The van der Waals surface area contributed by atoms with Crippen LogP contribution in [0.1, 0.15) is 11.1 Å². The zero-order valence-electron chi connectivity index (χ0n) is 15.6. The van der Waals surface area contributed by atoms with Crippen molar-refractivity contribution in [1.82, 2.24) is 14.3 Å². The van der Waals surface area contributed by atoms with Crippen LogP contribution in [0.25, 0.3) is 11.7 Å². The highest BCUT2D eigenvalue weighted by molar-refractivity contribution is 8.26. The normalized spacial score (nSPS) is 15.6. The van der Waals surface area contributed by atoms with Gasteiger partial charge in [0.1, 0.15) is 15.8 Å². The molecule has 0 spiro atoms. The van der Waals surface area contributed by atoms with E-state index in [0.717, 1.165) is 17.3 Å². The number of anilines is 1. The van der Waals surface area contributed by atoms with E-state index in [1.807, 2.05) is 13.0 Å². The molecule has 0 aromatic carbocycles. The van der Waals surface area contributed by atoms with Crippen LogP contribution in [0.15, 0.2) is 40.7 Å². The maximum absolute atomic E-state index is 13.1. The summed E-state index contributed by atoms with van der Waals surface area (Å²) in [5, 5.41) is 3.13. The van der Waals surface area contributed by atoms with Gasteiger partial charge in [0.25, 0.3) is 11.5 Å². The van der Waals surface area contributed by atoms with Gasteiger partial charge in [-0.3, -0.25) is 18.9 Å². The van der Waals surface area contributed by atoms with Gasteiger partial charge in [0, 0.05) is 26.4 Å². The minimum absolute atomic E-state index is 0.244. The summed E-state index contributed by atoms with van der Waals surface area (Å²) in [6.45, 7) is 6.79. The van der Waals surface area contributed by atoms with Crippen LogP contribution in [-0.2, 0) is 9.53 Å². The third-order valence-electron chi connectivity index (χ3n) is 4.14. The molecule has 1 fully saturated rings. The summed E-state index contributed by atoms with van der Waals surface area (Å²) in [6.07, 6.45) is 4.83. The summed E-state index contributed by atoms with van der Waals surface area (Å²) in [7, 11) is 1.60. The van der Waals surface area contributed by atoms with Gasteiger partial charge < -0.3 is 10.1 Å². The lowest BCUT2D eigenvalue weighted by atomic mass is 10.2. The molecule has 2 aromatic rings. The second-order valence-electron chi connectivity index (χ2n) is 6.06. The average Bonchev–Trinajstić information content (AvgIpc) is 2.93. The molecule has 28 heavy (non-hydrogen) atoms. The van der Waals surface area contributed by atoms with Gasteiger partial charge in [-0.15, -0.1) is 6.58 Å². The van der Waals surface area contributed by atoms with Crippen LogP contribution in [-0.4, -0.2) is 51.3 Å². The Morgan fingerprint density at radius 1 is 1.43 bits per heavy atom. The van der Waals surface area contributed by atoms with E-state index in [-0.39, 0.29) is 11.5 Å². The first-order valence-corrected chi connectivity index (χ1v) is 9.81. The molecule has 9 heteroatoms. The Balaban J connectivity index is 2.13. The summed E-state index contributed by atoms with van der Waals surface area (Å²) in [6, 6.07) is 3.68. The van der Waals surface area contributed by atoms with Crippen molar-refractivity contribution >= 4 is 51.7 Å². The van der Waals surface area contributed by atoms with Crippen molar-refractivity contribution in [3.8, 4) is 0 Å². The molecule has 3 heterocycles. The van der Waals surface area contributed by atoms with Crippen LogP contribution in [0, 0.1) is 6.92 Å². The Kier molecular flexibility index (Phi) is 6.28. The zero-order valence-corrected chi connectivity index (χ0v) is 17.2. The quantitative estimate of drug-likeness (QED) is 0.322. The topological polar surface area (TPSA) is 75.9 Å².